The quantitative estimate of drug-likeness (QED) is 0.530. The van der Waals surface area contributed by atoms with Crippen molar-refractivity contribution in [2.75, 3.05) is 0 Å². The van der Waals surface area contributed by atoms with E-state index in [1.807, 2.05) is 66.8 Å². The van der Waals surface area contributed by atoms with Crippen molar-refractivity contribution in [3.63, 3.8) is 0 Å². The molecule has 0 aliphatic heterocycles. The average Bonchev–Trinajstić information content (AvgIpc) is 2.76. The molecule has 0 fully saturated rings. The minimum atomic E-state index is -0.402. The van der Waals surface area contributed by atoms with Crippen molar-refractivity contribution in [3.05, 3.63) is 101 Å². The fraction of sp³-hybridized carbons (Fsp3) is 0.0435. The van der Waals surface area contributed by atoms with Crippen LogP contribution in [0.4, 0.5) is 0 Å². The van der Waals surface area contributed by atoms with E-state index in [1.165, 1.54) is 0 Å². The number of nitrogens with one attached hydrogen (secondary N) is 1. The van der Waals surface area contributed by atoms with E-state index >= 15 is 0 Å². The van der Waals surface area contributed by atoms with Gasteiger partial charge in [0.15, 0.2) is 0 Å². The monoisotopic (exact) mass is 366 g/mol. The second-order valence-corrected chi connectivity index (χ2v) is 5.99. The van der Waals surface area contributed by atoms with Gasteiger partial charge in [0.1, 0.15) is 11.6 Å². The van der Waals surface area contributed by atoms with Crippen LogP contribution < -0.4 is 5.32 Å². The molecular weight excluding hydrogens is 348 g/mol. The number of carbonyl (C=O) groups is 1. The number of nitrogens with zero attached hydrogens (tertiary/aromatic N) is 3. The first-order chi connectivity index (χ1) is 13.7. The normalized spacial score (nSPS) is 11.2. The highest BCUT2D eigenvalue weighted by molar-refractivity contribution is 6.01. The second kappa shape index (κ2) is 9.60. The Kier molecular flexibility index (Phi) is 6.43. The van der Waals surface area contributed by atoms with E-state index in [4.69, 9.17) is 0 Å². The van der Waals surface area contributed by atoms with Crippen LogP contribution in [-0.4, -0.2) is 15.9 Å². The number of hydrogen-bond acceptors (Lipinski definition) is 4. The number of pyridine rings is 2. The van der Waals surface area contributed by atoms with Crippen molar-refractivity contribution < 1.29 is 4.79 Å². The maximum absolute atomic E-state index is 12.2. The molecular formula is C23H18N4O. The van der Waals surface area contributed by atoms with E-state index in [0.717, 1.165) is 22.3 Å². The van der Waals surface area contributed by atoms with Crippen molar-refractivity contribution in [2.45, 2.75) is 6.54 Å². The second-order valence-electron chi connectivity index (χ2n) is 5.99. The maximum atomic E-state index is 12.2. The average molecular weight is 366 g/mol. The van der Waals surface area contributed by atoms with Gasteiger partial charge in [-0.2, -0.15) is 5.26 Å². The number of aromatic nitrogens is 2. The topological polar surface area (TPSA) is 78.7 Å². The fourth-order valence-corrected chi connectivity index (χ4v) is 2.46. The number of carbonyl (C=O) groups excluding carboxylic acids is 1. The molecule has 0 aliphatic carbocycles. The van der Waals surface area contributed by atoms with Gasteiger partial charge in [-0.05, 0) is 52.6 Å². The highest BCUT2D eigenvalue weighted by atomic mass is 16.1. The molecule has 0 unspecified atom stereocenters. The first-order valence-corrected chi connectivity index (χ1v) is 8.72. The molecule has 3 rings (SSSR count). The summed E-state index contributed by atoms with van der Waals surface area (Å²) < 4.78 is 0. The van der Waals surface area contributed by atoms with Crippen LogP contribution in [0.5, 0.6) is 0 Å². The van der Waals surface area contributed by atoms with Gasteiger partial charge in [0, 0.05) is 31.3 Å². The molecule has 28 heavy (non-hydrogen) atoms. The SMILES string of the molecule is N#C/C(=C\c1ccc(/C=C/c2ccncc2)cc1)C(=O)NCc1ccncc1. The molecule has 2 aromatic heterocycles. The fourth-order valence-electron chi connectivity index (χ4n) is 2.46. The molecule has 5 heteroatoms. The number of rotatable bonds is 6. The molecule has 0 atom stereocenters. The largest absolute Gasteiger partial charge is 0.347 e. The van der Waals surface area contributed by atoms with Gasteiger partial charge in [-0.1, -0.05) is 36.4 Å². The Labute approximate surface area is 163 Å². The summed E-state index contributed by atoms with van der Waals surface area (Å²) in [6.45, 7) is 0.346. The molecule has 2 heterocycles. The van der Waals surface area contributed by atoms with Crippen LogP contribution in [0.3, 0.4) is 0 Å². The Morgan fingerprint density at radius 2 is 1.39 bits per heavy atom. The number of benzene rings is 1. The van der Waals surface area contributed by atoms with E-state index in [1.54, 1.807) is 30.9 Å². The smallest absolute Gasteiger partial charge is 0.262 e. The minimum Gasteiger partial charge on any atom is -0.347 e. The molecule has 3 aromatic rings. The predicted molar refractivity (Wildman–Crippen MR) is 109 cm³/mol. The van der Waals surface area contributed by atoms with Crippen LogP contribution in [0.2, 0.25) is 0 Å². The van der Waals surface area contributed by atoms with Crippen LogP contribution >= 0.6 is 0 Å². The van der Waals surface area contributed by atoms with Gasteiger partial charge >= 0.3 is 0 Å². The molecule has 1 aromatic carbocycles. The van der Waals surface area contributed by atoms with E-state index in [-0.39, 0.29) is 5.57 Å². The van der Waals surface area contributed by atoms with E-state index in [2.05, 4.69) is 15.3 Å². The Morgan fingerprint density at radius 3 is 2.00 bits per heavy atom. The highest BCUT2D eigenvalue weighted by Gasteiger charge is 2.08. The van der Waals surface area contributed by atoms with Gasteiger partial charge in [0.25, 0.3) is 5.91 Å². The molecule has 0 bridgehead atoms. The third-order valence-corrected chi connectivity index (χ3v) is 3.99. The summed E-state index contributed by atoms with van der Waals surface area (Å²) in [5, 5.41) is 12.1. The maximum Gasteiger partial charge on any atom is 0.262 e. The van der Waals surface area contributed by atoms with E-state index in [9.17, 15) is 10.1 Å². The minimum absolute atomic E-state index is 0.0640. The standard InChI is InChI=1S/C23H18N4O/c24-16-22(23(28)27-17-21-9-13-26-14-10-21)15-20-5-3-18(4-6-20)1-2-19-7-11-25-12-8-19/h1-15H,17H2,(H,27,28)/b2-1+,22-15+. The zero-order valence-corrected chi connectivity index (χ0v) is 15.1. The molecule has 136 valence electrons. The Morgan fingerprint density at radius 1 is 0.857 bits per heavy atom. The van der Waals surface area contributed by atoms with Gasteiger partial charge in [0.2, 0.25) is 0 Å². The zero-order valence-electron chi connectivity index (χ0n) is 15.1. The van der Waals surface area contributed by atoms with Crippen molar-refractivity contribution in [1.82, 2.24) is 15.3 Å². The summed E-state index contributed by atoms with van der Waals surface area (Å²) in [7, 11) is 0. The molecule has 1 N–H and O–H groups in total. The van der Waals surface area contributed by atoms with E-state index < -0.39 is 5.91 Å². The summed E-state index contributed by atoms with van der Waals surface area (Å²) in [5.41, 5.74) is 3.86. The predicted octanol–water partition coefficient (Wildman–Crippen LogP) is 3.87. The lowest BCUT2D eigenvalue weighted by Gasteiger charge is -2.04. The molecule has 0 saturated heterocycles. The van der Waals surface area contributed by atoms with Crippen LogP contribution in [0.1, 0.15) is 22.3 Å². The number of amides is 1. The van der Waals surface area contributed by atoms with Crippen molar-refractivity contribution >= 4 is 24.1 Å². The Bertz CT molecular complexity index is 1020. The van der Waals surface area contributed by atoms with Gasteiger partial charge in [-0.3, -0.25) is 14.8 Å². The summed E-state index contributed by atoms with van der Waals surface area (Å²) >= 11 is 0. The van der Waals surface area contributed by atoms with Gasteiger partial charge in [-0.15, -0.1) is 0 Å². The number of nitriles is 1. The van der Waals surface area contributed by atoms with Gasteiger partial charge in [0.05, 0.1) is 0 Å². The summed E-state index contributed by atoms with van der Waals surface area (Å²) in [5.74, 6) is -0.402. The van der Waals surface area contributed by atoms with Gasteiger partial charge in [-0.25, -0.2) is 0 Å². The molecule has 1 amide bonds. The number of hydrogen-bond donors (Lipinski definition) is 1. The molecule has 0 aliphatic rings. The first kappa shape index (κ1) is 18.7. The third-order valence-electron chi connectivity index (χ3n) is 3.99. The van der Waals surface area contributed by atoms with Crippen LogP contribution in [0.15, 0.2) is 78.9 Å². The third kappa shape index (κ3) is 5.48. The molecule has 0 saturated carbocycles. The zero-order chi connectivity index (χ0) is 19.6. The van der Waals surface area contributed by atoms with E-state index in [0.29, 0.717) is 6.54 Å². The first-order valence-electron chi connectivity index (χ1n) is 8.72. The molecule has 5 nitrogen and oxygen atoms in total. The molecule has 0 radical (unpaired) electrons. The lowest BCUT2D eigenvalue weighted by atomic mass is 10.1. The van der Waals surface area contributed by atoms with Crippen LogP contribution in [0.25, 0.3) is 18.2 Å². The summed E-state index contributed by atoms with van der Waals surface area (Å²) in [6, 6.07) is 17.1. The van der Waals surface area contributed by atoms with Crippen molar-refractivity contribution in [2.24, 2.45) is 0 Å². The summed E-state index contributed by atoms with van der Waals surface area (Å²) in [4.78, 5) is 20.2. The molecule has 0 spiro atoms. The highest BCUT2D eigenvalue weighted by Crippen LogP contribution is 2.12. The van der Waals surface area contributed by atoms with Crippen LogP contribution in [0, 0.1) is 11.3 Å². The Hall–Kier alpha value is -4.04. The lowest BCUT2D eigenvalue weighted by molar-refractivity contribution is -0.117. The van der Waals surface area contributed by atoms with Crippen molar-refractivity contribution in [3.8, 4) is 6.07 Å². The summed E-state index contributed by atoms with van der Waals surface area (Å²) in [6.07, 6.45) is 12.4. The lowest BCUT2D eigenvalue weighted by Crippen LogP contribution is -2.23. The van der Waals surface area contributed by atoms with Crippen LogP contribution in [-0.2, 0) is 11.3 Å². The van der Waals surface area contributed by atoms with Crippen molar-refractivity contribution in [1.29, 1.82) is 5.26 Å². The van der Waals surface area contributed by atoms with Gasteiger partial charge < -0.3 is 5.32 Å². The Balaban J connectivity index is 1.64.